The zero-order valence-electron chi connectivity index (χ0n) is 13.0. The lowest BCUT2D eigenvalue weighted by Gasteiger charge is -2.20. The van der Waals surface area contributed by atoms with Crippen molar-refractivity contribution >= 4 is 0 Å². The number of hydrogen-bond donors (Lipinski definition) is 1. The third-order valence-electron chi connectivity index (χ3n) is 3.34. The van der Waals surface area contributed by atoms with Crippen LogP contribution in [0.25, 0.3) is 0 Å². The summed E-state index contributed by atoms with van der Waals surface area (Å²) in [5.74, 6) is 1.46. The van der Waals surface area contributed by atoms with Crippen molar-refractivity contribution in [3.8, 4) is 0 Å². The van der Waals surface area contributed by atoms with Gasteiger partial charge in [0.1, 0.15) is 5.60 Å². The first-order chi connectivity index (χ1) is 8.92. The van der Waals surface area contributed by atoms with E-state index in [-0.39, 0.29) is 5.92 Å². The fourth-order valence-electron chi connectivity index (χ4n) is 1.85. The third kappa shape index (κ3) is 4.28. The molecular weight excluding hydrogens is 242 g/mol. The van der Waals surface area contributed by atoms with Crippen molar-refractivity contribution < 1.29 is 9.26 Å². The van der Waals surface area contributed by atoms with Gasteiger partial charge in [-0.1, -0.05) is 19.0 Å². The standard InChI is InChI=1S/C14H27N3O2/c1-7-9-15-11(4)10(3)12-16-13(17-19-12)14(5,6)18-8-2/h10-11,15H,7-9H2,1-6H3. The summed E-state index contributed by atoms with van der Waals surface area (Å²) < 4.78 is 11.0. The first-order valence-electron chi connectivity index (χ1n) is 7.13. The van der Waals surface area contributed by atoms with Gasteiger partial charge in [-0.05, 0) is 40.7 Å². The van der Waals surface area contributed by atoms with Gasteiger partial charge >= 0.3 is 0 Å². The molecule has 2 atom stereocenters. The molecule has 0 aliphatic heterocycles. The first kappa shape index (κ1) is 16.1. The van der Waals surface area contributed by atoms with Gasteiger partial charge in [-0.25, -0.2) is 0 Å². The van der Waals surface area contributed by atoms with Crippen LogP contribution in [-0.4, -0.2) is 29.3 Å². The first-order valence-corrected chi connectivity index (χ1v) is 7.13. The zero-order valence-corrected chi connectivity index (χ0v) is 13.0. The quantitative estimate of drug-likeness (QED) is 0.786. The molecule has 0 spiro atoms. The molecule has 0 radical (unpaired) electrons. The molecule has 19 heavy (non-hydrogen) atoms. The second-order valence-corrected chi connectivity index (χ2v) is 5.43. The van der Waals surface area contributed by atoms with Crippen molar-refractivity contribution in [1.82, 2.24) is 15.5 Å². The normalized spacial score (nSPS) is 15.5. The molecule has 1 heterocycles. The van der Waals surface area contributed by atoms with Crippen LogP contribution in [0.4, 0.5) is 0 Å². The van der Waals surface area contributed by atoms with E-state index in [2.05, 4.69) is 36.2 Å². The van der Waals surface area contributed by atoms with Gasteiger partial charge in [0.05, 0.1) is 5.92 Å². The molecule has 2 unspecified atom stereocenters. The van der Waals surface area contributed by atoms with E-state index in [0.717, 1.165) is 13.0 Å². The Bertz CT molecular complexity index is 377. The van der Waals surface area contributed by atoms with Crippen LogP contribution in [0.2, 0.25) is 0 Å². The van der Waals surface area contributed by atoms with Crippen molar-refractivity contribution in [2.45, 2.75) is 65.5 Å². The van der Waals surface area contributed by atoms with Gasteiger partial charge in [-0.3, -0.25) is 0 Å². The Kier molecular flexibility index (Phi) is 5.94. The maximum Gasteiger partial charge on any atom is 0.231 e. The minimum atomic E-state index is -0.504. The summed E-state index contributed by atoms with van der Waals surface area (Å²) in [4.78, 5) is 4.49. The van der Waals surface area contributed by atoms with Crippen molar-refractivity contribution in [3.05, 3.63) is 11.7 Å². The average molecular weight is 269 g/mol. The molecule has 0 fully saturated rings. The molecule has 0 aromatic carbocycles. The van der Waals surface area contributed by atoms with Crippen LogP contribution in [0.5, 0.6) is 0 Å². The van der Waals surface area contributed by atoms with Crippen molar-refractivity contribution in [1.29, 1.82) is 0 Å². The van der Waals surface area contributed by atoms with Crippen molar-refractivity contribution in [3.63, 3.8) is 0 Å². The highest BCUT2D eigenvalue weighted by Gasteiger charge is 2.29. The molecule has 0 bridgehead atoms. The topological polar surface area (TPSA) is 60.2 Å². The molecule has 1 N–H and O–H groups in total. The van der Waals surface area contributed by atoms with E-state index in [0.29, 0.717) is 24.4 Å². The Morgan fingerprint density at radius 1 is 1.32 bits per heavy atom. The molecule has 110 valence electrons. The maximum absolute atomic E-state index is 5.63. The second kappa shape index (κ2) is 7.01. The summed E-state index contributed by atoms with van der Waals surface area (Å²) in [6, 6.07) is 0.309. The van der Waals surface area contributed by atoms with E-state index in [4.69, 9.17) is 9.26 Å². The lowest BCUT2D eigenvalue weighted by atomic mass is 10.0. The van der Waals surface area contributed by atoms with E-state index in [1.165, 1.54) is 0 Å². The van der Waals surface area contributed by atoms with E-state index < -0.39 is 5.60 Å². The molecular formula is C14H27N3O2. The van der Waals surface area contributed by atoms with E-state index in [1.54, 1.807) is 0 Å². The Morgan fingerprint density at radius 2 is 2.00 bits per heavy atom. The van der Waals surface area contributed by atoms with Crippen LogP contribution in [-0.2, 0) is 10.3 Å². The fraction of sp³-hybridized carbons (Fsp3) is 0.857. The summed E-state index contributed by atoms with van der Waals surface area (Å²) in [5.41, 5.74) is -0.504. The number of nitrogens with zero attached hydrogens (tertiary/aromatic N) is 2. The number of rotatable bonds is 8. The van der Waals surface area contributed by atoms with Gasteiger partial charge in [0.2, 0.25) is 11.7 Å². The number of nitrogens with one attached hydrogen (secondary N) is 1. The smallest absolute Gasteiger partial charge is 0.231 e. The summed E-state index contributed by atoms with van der Waals surface area (Å²) in [5, 5.41) is 7.50. The van der Waals surface area contributed by atoms with Gasteiger partial charge in [0, 0.05) is 12.6 Å². The largest absolute Gasteiger partial charge is 0.368 e. The van der Waals surface area contributed by atoms with Crippen LogP contribution in [0.1, 0.15) is 65.6 Å². The van der Waals surface area contributed by atoms with Gasteiger partial charge < -0.3 is 14.6 Å². The monoisotopic (exact) mass is 269 g/mol. The molecule has 0 saturated heterocycles. The average Bonchev–Trinajstić information content (AvgIpc) is 2.85. The number of hydrogen-bond acceptors (Lipinski definition) is 5. The lowest BCUT2D eigenvalue weighted by Crippen LogP contribution is -2.31. The highest BCUT2D eigenvalue weighted by Crippen LogP contribution is 2.24. The van der Waals surface area contributed by atoms with Crippen LogP contribution in [0, 0.1) is 0 Å². The molecule has 1 rings (SSSR count). The fourth-order valence-corrected chi connectivity index (χ4v) is 1.85. The SMILES string of the molecule is CCCNC(C)C(C)c1nc(C(C)(C)OCC)no1. The second-order valence-electron chi connectivity index (χ2n) is 5.43. The molecule has 0 aliphatic carbocycles. The predicted octanol–water partition coefficient (Wildman–Crippen LogP) is 2.83. The van der Waals surface area contributed by atoms with Crippen molar-refractivity contribution in [2.24, 2.45) is 0 Å². The van der Waals surface area contributed by atoms with E-state index in [9.17, 15) is 0 Å². The zero-order chi connectivity index (χ0) is 14.5. The molecule has 0 aliphatic rings. The summed E-state index contributed by atoms with van der Waals surface area (Å²) in [7, 11) is 0. The van der Waals surface area contributed by atoms with E-state index >= 15 is 0 Å². The molecule has 1 aromatic heterocycles. The third-order valence-corrected chi connectivity index (χ3v) is 3.34. The molecule has 1 aromatic rings. The van der Waals surface area contributed by atoms with Gasteiger partial charge in [0.15, 0.2) is 0 Å². The molecule has 0 saturated carbocycles. The van der Waals surface area contributed by atoms with Crippen LogP contribution in [0.15, 0.2) is 4.52 Å². The lowest BCUT2D eigenvalue weighted by molar-refractivity contribution is -0.0221. The van der Waals surface area contributed by atoms with E-state index in [1.807, 2.05) is 20.8 Å². The van der Waals surface area contributed by atoms with Gasteiger partial charge in [-0.2, -0.15) is 4.98 Å². The van der Waals surface area contributed by atoms with Crippen molar-refractivity contribution in [2.75, 3.05) is 13.2 Å². The van der Waals surface area contributed by atoms with Crippen LogP contribution < -0.4 is 5.32 Å². The Balaban J connectivity index is 2.73. The Labute approximate surface area is 116 Å². The van der Waals surface area contributed by atoms with Crippen LogP contribution in [0.3, 0.4) is 0 Å². The minimum absolute atomic E-state index is 0.185. The summed E-state index contributed by atoms with van der Waals surface area (Å²) in [6.07, 6.45) is 1.11. The molecule has 5 heteroatoms. The Morgan fingerprint density at radius 3 is 2.58 bits per heavy atom. The summed E-state index contributed by atoms with van der Waals surface area (Å²) >= 11 is 0. The van der Waals surface area contributed by atoms with Gasteiger partial charge in [-0.15, -0.1) is 0 Å². The minimum Gasteiger partial charge on any atom is -0.368 e. The Hall–Kier alpha value is -0.940. The maximum atomic E-state index is 5.63. The van der Waals surface area contributed by atoms with Gasteiger partial charge in [0.25, 0.3) is 0 Å². The predicted molar refractivity (Wildman–Crippen MR) is 75.1 cm³/mol. The summed E-state index contributed by atoms with van der Waals surface area (Å²) in [6.45, 7) is 13.9. The highest BCUT2D eigenvalue weighted by molar-refractivity contribution is 5.02. The van der Waals surface area contributed by atoms with Crippen LogP contribution >= 0.6 is 0 Å². The number of aromatic nitrogens is 2. The molecule has 0 amide bonds. The number of ether oxygens (including phenoxy) is 1. The highest BCUT2D eigenvalue weighted by atomic mass is 16.5. The molecule has 5 nitrogen and oxygen atoms in total.